The molecule has 0 N–H and O–H groups in total. The van der Waals surface area contributed by atoms with Gasteiger partial charge in [-0.15, -0.1) is 0 Å². The van der Waals surface area contributed by atoms with Gasteiger partial charge in [0.2, 0.25) is 0 Å². The number of aromatic nitrogens is 2. The summed E-state index contributed by atoms with van der Waals surface area (Å²) in [6.07, 6.45) is -3.98. The standard InChI is InChI=1S/C14H14F3N3O/c15-14(16,17)11-6-8-20(9-7-11)13-18-12(21-19-13)10-4-2-1-3-5-10/h1-5,11H,6-9H2. The molecule has 4 nitrogen and oxygen atoms in total. The van der Waals surface area contributed by atoms with Crippen molar-refractivity contribution < 1.29 is 17.7 Å². The molecule has 1 aliphatic heterocycles. The molecule has 2 heterocycles. The van der Waals surface area contributed by atoms with E-state index >= 15 is 0 Å². The van der Waals surface area contributed by atoms with E-state index in [0.29, 0.717) is 11.8 Å². The molecule has 0 spiro atoms. The Balaban J connectivity index is 1.68. The van der Waals surface area contributed by atoms with Gasteiger partial charge in [0.1, 0.15) is 0 Å². The molecule has 1 fully saturated rings. The third kappa shape index (κ3) is 3.01. The lowest BCUT2D eigenvalue weighted by Gasteiger charge is -2.31. The molecule has 1 aliphatic rings. The second-order valence-electron chi connectivity index (χ2n) is 5.07. The zero-order valence-electron chi connectivity index (χ0n) is 11.2. The van der Waals surface area contributed by atoms with Crippen LogP contribution in [0.25, 0.3) is 11.5 Å². The third-order valence-electron chi connectivity index (χ3n) is 3.68. The third-order valence-corrected chi connectivity index (χ3v) is 3.68. The van der Waals surface area contributed by atoms with E-state index < -0.39 is 12.1 Å². The normalized spacial score (nSPS) is 17.2. The number of halogens is 3. The van der Waals surface area contributed by atoms with Gasteiger partial charge in [-0.1, -0.05) is 18.2 Å². The van der Waals surface area contributed by atoms with Gasteiger partial charge in [0.25, 0.3) is 11.8 Å². The highest BCUT2D eigenvalue weighted by atomic mass is 19.4. The van der Waals surface area contributed by atoms with Crippen LogP contribution in [0.3, 0.4) is 0 Å². The van der Waals surface area contributed by atoms with Gasteiger partial charge in [-0.25, -0.2) is 0 Å². The number of alkyl halides is 3. The summed E-state index contributed by atoms with van der Waals surface area (Å²) in [6.45, 7) is 0.579. The van der Waals surface area contributed by atoms with E-state index in [-0.39, 0.29) is 25.9 Å². The van der Waals surface area contributed by atoms with Crippen molar-refractivity contribution in [3.05, 3.63) is 30.3 Å². The van der Waals surface area contributed by atoms with Gasteiger partial charge >= 0.3 is 6.18 Å². The van der Waals surface area contributed by atoms with Crippen LogP contribution < -0.4 is 4.90 Å². The van der Waals surface area contributed by atoms with E-state index in [1.54, 1.807) is 4.90 Å². The minimum absolute atomic E-state index is 0.0682. The summed E-state index contributed by atoms with van der Waals surface area (Å²) in [6, 6.07) is 9.27. The summed E-state index contributed by atoms with van der Waals surface area (Å²) >= 11 is 0. The largest absolute Gasteiger partial charge is 0.391 e. The van der Waals surface area contributed by atoms with Gasteiger partial charge in [0.15, 0.2) is 0 Å². The fourth-order valence-electron chi connectivity index (χ4n) is 2.45. The Kier molecular flexibility index (Phi) is 3.57. The first-order valence-corrected chi connectivity index (χ1v) is 6.75. The van der Waals surface area contributed by atoms with Crippen molar-refractivity contribution in [2.45, 2.75) is 19.0 Å². The zero-order chi connectivity index (χ0) is 14.9. The maximum Gasteiger partial charge on any atom is 0.391 e. The molecule has 1 aromatic carbocycles. The van der Waals surface area contributed by atoms with Crippen molar-refractivity contribution in [3.63, 3.8) is 0 Å². The molecule has 1 saturated heterocycles. The number of benzene rings is 1. The molecule has 0 unspecified atom stereocenters. The first-order chi connectivity index (χ1) is 10.0. The molecular formula is C14H14F3N3O. The lowest BCUT2D eigenvalue weighted by molar-refractivity contribution is -0.179. The molecule has 1 aromatic heterocycles. The van der Waals surface area contributed by atoms with Crippen LogP contribution in [0, 0.1) is 5.92 Å². The highest BCUT2D eigenvalue weighted by Gasteiger charge is 2.41. The SMILES string of the molecule is FC(F)(F)C1CCN(c2noc(-c3ccccc3)n2)CC1. The molecular weight excluding hydrogens is 283 g/mol. The summed E-state index contributed by atoms with van der Waals surface area (Å²) < 4.78 is 43.1. The van der Waals surface area contributed by atoms with E-state index in [0.717, 1.165) is 5.56 Å². The molecule has 7 heteroatoms. The van der Waals surface area contributed by atoms with Crippen molar-refractivity contribution >= 4 is 5.95 Å². The average molecular weight is 297 g/mol. The molecule has 0 radical (unpaired) electrons. The Bertz CT molecular complexity index is 589. The Morgan fingerprint density at radius 3 is 2.38 bits per heavy atom. The second-order valence-corrected chi connectivity index (χ2v) is 5.07. The van der Waals surface area contributed by atoms with Crippen LogP contribution in [-0.4, -0.2) is 29.4 Å². The molecule has 0 saturated carbocycles. The van der Waals surface area contributed by atoms with Crippen molar-refractivity contribution in [1.29, 1.82) is 0 Å². The number of hydrogen-bond acceptors (Lipinski definition) is 4. The quantitative estimate of drug-likeness (QED) is 0.850. The van der Waals surface area contributed by atoms with E-state index in [9.17, 15) is 13.2 Å². The van der Waals surface area contributed by atoms with Crippen LogP contribution in [0.15, 0.2) is 34.9 Å². The fourth-order valence-corrected chi connectivity index (χ4v) is 2.45. The van der Waals surface area contributed by atoms with Crippen LogP contribution >= 0.6 is 0 Å². The van der Waals surface area contributed by atoms with Crippen molar-refractivity contribution in [3.8, 4) is 11.5 Å². The van der Waals surface area contributed by atoms with Crippen molar-refractivity contribution in [1.82, 2.24) is 10.1 Å². The summed E-state index contributed by atoms with van der Waals surface area (Å²) in [4.78, 5) is 5.99. The average Bonchev–Trinajstić information content (AvgIpc) is 2.97. The number of piperidine rings is 1. The van der Waals surface area contributed by atoms with E-state index in [4.69, 9.17) is 4.52 Å². The Morgan fingerprint density at radius 1 is 1.10 bits per heavy atom. The summed E-state index contributed by atoms with van der Waals surface area (Å²) in [5.74, 6) is -0.493. The van der Waals surface area contributed by atoms with Crippen LogP contribution in [0.2, 0.25) is 0 Å². The van der Waals surface area contributed by atoms with Gasteiger partial charge in [0, 0.05) is 18.7 Å². The number of rotatable bonds is 2. The molecule has 3 rings (SSSR count). The maximum absolute atomic E-state index is 12.6. The Morgan fingerprint density at radius 2 is 1.76 bits per heavy atom. The molecule has 0 amide bonds. The highest BCUT2D eigenvalue weighted by Crippen LogP contribution is 2.35. The lowest BCUT2D eigenvalue weighted by atomic mass is 9.96. The van der Waals surface area contributed by atoms with Crippen LogP contribution in [0.4, 0.5) is 19.1 Å². The first-order valence-electron chi connectivity index (χ1n) is 6.75. The number of hydrogen-bond donors (Lipinski definition) is 0. The molecule has 0 aliphatic carbocycles. The van der Waals surface area contributed by atoms with Crippen LogP contribution in [0.5, 0.6) is 0 Å². The predicted octanol–water partition coefficient (Wildman–Crippen LogP) is 3.52. The highest BCUT2D eigenvalue weighted by molar-refractivity contribution is 5.54. The lowest BCUT2D eigenvalue weighted by Crippen LogP contribution is -2.39. The monoisotopic (exact) mass is 297 g/mol. The van der Waals surface area contributed by atoms with Crippen molar-refractivity contribution in [2.75, 3.05) is 18.0 Å². The fraction of sp³-hybridized carbons (Fsp3) is 0.429. The topological polar surface area (TPSA) is 42.2 Å². The molecule has 0 bridgehead atoms. The van der Waals surface area contributed by atoms with Gasteiger partial charge in [-0.2, -0.15) is 18.2 Å². The van der Waals surface area contributed by atoms with Gasteiger partial charge in [-0.3, -0.25) is 0 Å². The summed E-state index contributed by atoms with van der Waals surface area (Å²) in [5, 5.41) is 3.86. The van der Waals surface area contributed by atoms with Crippen LogP contribution in [-0.2, 0) is 0 Å². The number of nitrogens with zero attached hydrogens (tertiary/aromatic N) is 3. The summed E-state index contributed by atoms with van der Waals surface area (Å²) in [5.41, 5.74) is 0.793. The van der Waals surface area contributed by atoms with E-state index in [2.05, 4.69) is 10.1 Å². The maximum atomic E-state index is 12.6. The number of anilines is 1. The van der Waals surface area contributed by atoms with E-state index in [1.165, 1.54) is 0 Å². The molecule has 21 heavy (non-hydrogen) atoms. The Hall–Kier alpha value is -2.05. The zero-order valence-corrected chi connectivity index (χ0v) is 11.2. The second kappa shape index (κ2) is 5.38. The molecule has 112 valence electrons. The van der Waals surface area contributed by atoms with Crippen molar-refractivity contribution in [2.24, 2.45) is 5.92 Å². The minimum atomic E-state index is -4.11. The van der Waals surface area contributed by atoms with Crippen LogP contribution in [0.1, 0.15) is 12.8 Å². The molecule has 2 aromatic rings. The van der Waals surface area contributed by atoms with Gasteiger partial charge in [0.05, 0.1) is 5.92 Å². The van der Waals surface area contributed by atoms with Gasteiger partial charge in [-0.05, 0) is 30.1 Å². The predicted molar refractivity (Wildman–Crippen MR) is 70.7 cm³/mol. The molecule has 0 atom stereocenters. The smallest absolute Gasteiger partial charge is 0.338 e. The Labute approximate surface area is 119 Å². The minimum Gasteiger partial charge on any atom is -0.338 e. The van der Waals surface area contributed by atoms with Gasteiger partial charge < -0.3 is 9.42 Å². The van der Waals surface area contributed by atoms with E-state index in [1.807, 2.05) is 30.3 Å². The summed E-state index contributed by atoms with van der Waals surface area (Å²) in [7, 11) is 0. The first kappa shape index (κ1) is 13.9.